The molecule has 1 aliphatic rings. The van der Waals surface area contributed by atoms with Gasteiger partial charge in [-0.2, -0.15) is 0 Å². The number of ether oxygens (including phenoxy) is 1. The zero-order valence-electron chi connectivity index (χ0n) is 12.7. The quantitative estimate of drug-likeness (QED) is 0.867. The molecule has 1 aliphatic heterocycles. The monoisotopic (exact) mass is 277 g/mol. The molecule has 1 fully saturated rings. The van der Waals surface area contributed by atoms with E-state index in [1.54, 1.807) is 0 Å². The number of piperidine rings is 1. The lowest BCUT2D eigenvalue weighted by Gasteiger charge is -2.33. The normalized spacial score (nSPS) is 20.9. The van der Waals surface area contributed by atoms with E-state index >= 15 is 0 Å². The van der Waals surface area contributed by atoms with Gasteiger partial charge in [0.1, 0.15) is 5.82 Å². The molecule has 0 radical (unpaired) electrons. The van der Waals surface area contributed by atoms with Crippen molar-refractivity contribution >= 4 is 5.82 Å². The zero-order chi connectivity index (χ0) is 14.4. The predicted octanol–water partition coefficient (Wildman–Crippen LogP) is 2.37. The first-order chi connectivity index (χ1) is 9.69. The molecule has 0 aliphatic carbocycles. The van der Waals surface area contributed by atoms with Crippen LogP contribution >= 0.6 is 0 Å². The molecule has 0 bridgehead atoms. The van der Waals surface area contributed by atoms with E-state index in [1.165, 1.54) is 18.4 Å². The minimum atomic E-state index is 0.185. The van der Waals surface area contributed by atoms with Crippen LogP contribution in [0, 0.1) is 0 Å². The maximum Gasteiger partial charge on any atom is 0.128 e. The highest BCUT2D eigenvalue weighted by Gasteiger charge is 2.21. The fourth-order valence-corrected chi connectivity index (χ4v) is 2.66. The van der Waals surface area contributed by atoms with Crippen LogP contribution in [0.1, 0.15) is 38.7 Å². The molecule has 4 heteroatoms. The first-order valence-corrected chi connectivity index (χ1v) is 7.76. The van der Waals surface area contributed by atoms with Crippen molar-refractivity contribution in [3.8, 4) is 0 Å². The van der Waals surface area contributed by atoms with E-state index in [9.17, 15) is 0 Å². The van der Waals surface area contributed by atoms with Crippen molar-refractivity contribution in [3.05, 3.63) is 23.9 Å². The summed E-state index contributed by atoms with van der Waals surface area (Å²) in [4.78, 5) is 6.92. The fraction of sp³-hybridized carbons (Fsp3) is 0.688. The molecule has 2 unspecified atom stereocenters. The van der Waals surface area contributed by atoms with Gasteiger partial charge in [-0.05, 0) is 44.2 Å². The van der Waals surface area contributed by atoms with Gasteiger partial charge >= 0.3 is 0 Å². The third-order valence-corrected chi connectivity index (χ3v) is 3.63. The van der Waals surface area contributed by atoms with Crippen molar-refractivity contribution in [2.45, 2.75) is 51.7 Å². The minimum Gasteiger partial charge on any atom is -0.376 e. The molecule has 1 aromatic heterocycles. The Labute approximate surface area is 122 Å². The number of aromatic nitrogens is 1. The highest BCUT2D eigenvalue weighted by molar-refractivity contribution is 5.40. The number of pyridine rings is 1. The molecule has 0 saturated carbocycles. The Morgan fingerprint density at radius 2 is 2.35 bits per heavy atom. The Kier molecular flexibility index (Phi) is 5.80. The molecular formula is C16H27N3O. The van der Waals surface area contributed by atoms with Crippen LogP contribution in [0.2, 0.25) is 0 Å². The van der Waals surface area contributed by atoms with Crippen molar-refractivity contribution in [2.75, 3.05) is 24.6 Å². The Hall–Kier alpha value is -1.13. The SMILES string of the molecule is CCCOC1CCCN(c2ccc(CC(C)N)cn2)C1. The van der Waals surface area contributed by atoms with Crippen LogP contribution in [0.3, 0.4) is 0 Å². The summed E-state index contributed by atoms with van der Waals surface area (Å²) in [5, 5.41) is 0. The summed E-state index contributed by atoms with van der Waals surface area (Å²) in [7, 11) is 0. The van der Waals surface area contributed by atoms with Gasteiger partial charge < -0.3 is 15.4 Å². The van der Waals surface area contributed by atoms with Crippen molar-refractivity contribution in [3.63, 3.8) is 0 Å². The van der Waals surface area contributed by atoms with Crippen molar-refractivity contribution < 1.29 is 4.74 Å². The van der Waals surface area contributed by atoms with Crippen LogP contribution < -0.4 is 10.6 Å². The van der Waals surface area contributed by atoms with E-state index in [-0.39, 0.29) is 6.04 Å². The average Bonchev–Trinajstić information content (AvgIpc) is 2.45. The molecule has 20 heavy (non-hydrogen) atoms. The number of nitrogens with two attached hydrogens (primary N) is 1. The first-order valence-electron chi connectivity index (χ1n) is 7.76. The van der Waals surface area contributed by atoms with E-state index in [0.29, 0.717) is 6.10 Å². The van der Waals surface area contributed by atoms with Gasteiger partial charge in [-0.25, -0.2) is 4.98 Å². The maximum absolute atomic E-state index is 5.87. The van der Waals surface area contributed by atoms with E-state index in [4.69, 9.17) is 10.5 Å². The Balaban J connectivity index is 1.93. The second kappa shape index (κ2) is 7.60. The predicted molar refractivity (Wildman–Crippen MR) is 83.1 cm³/mol. The Morgan fingerprint density at radius 3 is 3.00 bits per heavy atom. The molecule has 2 rings (SSSR count). The van der Waals surface area contributed by atoms with Gasteiger partial charge in [-0.15, -0.1) is 0 Å². The summed E-state index contributed by atoms with van der Waals surface area (Å²) >= 11 is 0. The molecule has 2 atom stereocenters. The van der Waals surface area contributed by atoms with Crippen LogP contribution in [0.25, 0.3) is 0 Å². The molecule has 4 nitrogen and oxygen atoms in total. The lowest BCUT2D eigenvalue weighted by molar-refractivity contribution is 0.0439. The molecule has 0 spiro atoms. The van der Waals surface area contributed by atoms with Crippen LogP contribution in [-0.2, 0) is 11.2 Å². The van der Waals surface area contributed by atoms with Crippen molar-refractivity contribution in [2.24, 2.45) is 5.73 Å². The molecule has 2 heterocycles. The molecule has 0 aromatic carbocycles. The van der Waals surface area contributed by atoms with E-state index < -0.39 is 0 Å². The number of rotatable bonds is 6. The number of hydrogen-bond acceptors (Lipinski definition) is 4. The third-order valence-electron chi connectivity index (χ3n) is 3.63. The van der Waals surface area contributed by atoms with Crippen molar-refractivity contribution in [1.29, 1.82) is 0 Å². The lowest BCUT2D eigenvalue weighted by atomic mass is 10.1. The minimum absolute atomic E-state index is 0.185. The summed E-state index contributed by atoms with van der Waals surface area (Å²) < 4.78 is 5.87. The summed E-state index contributed by atoms with van der Waals surface area (Å²) in [5.74, 6) is 1.06. The van der Waals surface area contributed by atoms with Crippen LogP contribution in [-0.4, -0.2) is 36.8 Å². The van der Waals surface area contributed by atoms with Crippen LogP contribution in [0.4, 0.5) is 5.82 Å². The van der Waals surface area contributed by atoms with Gasteiger partial charge in [0.2, 0.25) is 0 Å². The molecule has 2 N–H and O–H groups in total. The number of hydrogen-bond donors (Lipinski definition) is 1. The van der Waals surface area contributed by atoms with E-state index in [0.717, 1.165) is 38.4 Å². The highest BCUT2D eigenvalue weighted by Crippen LogP contribution is 2.20. The van der Waals surface area contributed by atoms with Gasteiger partial charge in [0.15, 0.2) is 0 Å². The lowest BCUT2D eigenvalue weighted by Crippen LogP contribution is -2.40. The summed E-state index contributed by atoms with van der Waals surface area (Å²) in [6.07, 6.45) is 6.62. The van der Waals surface area contributed by atoms with E-state index in [2.05, 4.69) is 28.9 Å². The summed E-state index contributed by atoms with van der Waals surface area (Å²) in [5.41, 5.74) is 7.02. The second-order valence-electron chi connectivity index (χ2n) is 5.79. The average molecular weight is 277 g/mol. The van der Waals surface area contributed by atoms with Gasteiger partial charge in [0.25, 0.3) is 0 Å². The smallest absolute Gasteiger partial charge is 0.128 e. The third kappa shape index (κ3) is 4.46. The van der Waals surface area contributed by atoms with Crippen LogP contribution in [0.5, 0.6) is 0 Å². The number of nitrogens with zero attached hydrogens (tertiary/aromatic N) is 2. The molecule has 0 amide bonds. The topological polar surface area (TPSA) is 51.4 Å². The zero-order valence-corrected chi connectivity index (χ0v) is 12.7. The van der Waals surface area contributed by atoms with Crippen LogP contribution in [0.15, 0.2) is 18.3 Å². The Bertz CT molecular complexity index is 391. The summed E-state index contributed by atoms with van der Waals surface area (Å²) in [6, 6.07) is 4.44. The molecule has 1 saturated heterocycles. The van der Waals surface area contributed by atoms with Gasteiger partial charge in [-0.3, -0.25) is 0 Å². The largest absolute Gasteiger partial charge is 0.376 e. The van der Waals surface area contributed by atoms with Gasteiger partial charge in [-0.1, -0.05) is 13.0 Å². The van der Waals surface area contributed by atoms with Gasteiger partial charge in [0.05, 0.1) is 6.10 Å². The molecular weight excluding hydrogens is 250 g/mol. The highest BCUT2D eigenvalue weighted by atomic mass is 16.5. The molecule has 112 valence electrons. The van der Waals surface area contributed by atoms with Gasteiger partial charge in [0, 0.05) is 31.9 Å². The number of anilines is 1. The fourth-order valence-electron chi connectivity index (χ4n) is 2.66. The molecule has 1 aromatic rings. The Morgan fingerprint density at radius 1 is 1.50 bits per heavy atom. The second-order valence-corrected chi connectivity index (χ2v) is 5.79. The standard InChI is InChI=1S/C16H27N3O/c1-3-9-20-15-5-4-8-19(12-15)16-7-6-14(11-18-16)10-13(2)17/h6-7,11,13,15H,3-5,8-10,12,17H2,1-2H3. The van der Waals surface area contributed by atoms with Crippen molar-refractivity contribution in [1.82, 2.24) is 4.98 Å². The van der Waals surface area contributed by atoms with E-state index in [1.807, 2.05) is 13.1 Å². The maximum atomic E-state index is 5.87. The first kappa shape index (κ1) is 15.3. The summed E-state index contributed by atoms with van der Waals surface area (Å²) in [6.45, 7) is 7.07.